The summed E-state index contributed by atoms with van der Waals surface area (Å²) < 4.78 is 5.94. The van der Waals surface area contributed by atoms with E-state index in [-0.39, 0.29) is 24.1 Å². The molecule has 198 valence electrons. The summed E-state index contributed by atoms with van der Waals surface area (Å²) in [6.07, 6.45) is 7.80. The van der Waals surface area contributed by atoms with Crippen molar-refractivity contribution < 1.29 is 19.1 Å². The van der Waals surface area contributed by atoms with Crippen LogP contribution in [0.25, 0.3) is 0 Å². The van der Waals surface area contributed by atoms with Crippen molar-refractivity contribution in [2.75, 3.05) is 32.8 Å². The van der Waals surface area contributed by atoms with Gasteiger partial charge in [0.2, 0.25) is 11.8 Å². The van der Waals surface area contributed by atoms with Crippen molar-refractivity contribution in [2.24, 2.45) is 5.92 Å². The van der Waals surface area contributed by atoms with E-state index >= 15 is 0 Å². The summed E-state index contributed by atoms with van der Waals surface area (Å²) in [5, 5.41) is 5.99. The highest BCUT2D eigenvalue weighted by molar-refractivity contribution is 6.05. The molecule has 2 saturated heterocycles. The lowest BCUT2D eigenvalue weighted by Gasteiger charge is -2.34. The standard InChI is InChI=1S/C28H42N4O4/c1-20(2)31-14-11-21(12-15-31)18-29-13-5-3-4-6-16-36-23-7-8-24-22(17-23)19-32(28(24)35)25-9-10-26(33)30-27(25)34/h7-8,17,20-21,25,29H,3-6,9-16,18-19H2,1-2H3,(H,30,33,34). The predicted molar refractivity (Wildman–Crippen MR) is 139 cm³/mol. The zero-order chi connectivity index (χ0) is 25.5. The van der Waals surface area contributed by atoms with Crippen LogP contribution in [0, 0.1) is 5.92 Å². The lowest BCUT2D eigenvalue weighted by Crippen LogP contribution is -2.52. The van der Waals surface area contributed by atoms with E-state index in [2.05, 4.69) is 29.4 Å². The summed E-state index contributed by atoms with van der Waals surface area (Å²) in [7, 11) is 0. The quantitative estimate of drug-likeness (QED) is 0.340. The molecule has 8 nitrogen and oxygen atoms in total. The zero-order valence-electron chi connectivity index (χ0n) is 21.9. The fourth-order valence-electron chi connectivity index (χ4n) is 5.52. The van der Waals surface area contributed by atoms with Crippen molar-refractivity contribution in [3.63, 3.8) is 0 Å². The second kappa shape index (κ2) is 12.7. The number of unbranched alkanes of at least 4 members (excludes halogenated alkanes) is 3. The molecule has 1 unspecified atom stereocenters. The normalized spacial score (nSPS) is 21.2. The number of ether oxygens (including phenoxy) is 1. The fraction of sp³-hybridized carbons (Fsp3) is 0.679. The van der Waals surface area contributed by atoms with Gasteiger partial charge in [0.15, 0.2) is 0 Å². The molecule has 0 aromatic heterocycles. The van der Waals surface area contributed by atoms with Crippen LogP contribution in [-0.2, 0) is 16.1 Å². The molecular formula is C28H42N4O4. The number of likely N-dealkylation sites (tertiary alicyclic amines) is 1. The van der Waals surface area contributed by atoms with Crippen molar-refractivity contribution in [3.8, 4) is 5.75 Å². The number of piperidine rings is 2. The minimum Gasteiger partial charge on any atom is -0.494 e. The predicted octanol–water partition coefficient (Wildman–Crippen LogP) is 3.10. The van der Waals surface area contributed by atoms with Crippen LogP contribution >= 0.6 is 0 Å². The molecule has 0 aliphatic carbocycles. The Morgan fingerprint density at radius 1 is 1.06 bits per heavy atom. The monoisotopic (exact) mass is 498 g/mol. The Labute approximate surface area is 215 Å². The van der Waals surface area contributed by atoms with E-state index < -0.39 is 6.04 Å². The van der Waals surface area contributed by atoms with Crippen LogP contribution in [0.5, 0.6) is 5.75 Å². The van der Waals surface area contributed by atoms with Crippen LogP contribution in [0.15, 0.2) is 18.2 Å². The first-order chi connectivity index (χ1) is 17.4. The third kappa shape index (κ3) is 6.85. The highest BCUT2D eigenvalue weighted by Gasteiger charge is 2.39. The molecule has 3 aliphatic heterocycles. The average Bonchev–Trinajstić information content (AvgIpc) is 3.18. The molecule has 2 fully saturated rings. The highest BCUT2D eigenvalue weighted by atomic mass is 16.5. The lowest BCUT2D eigenvalue weighted by molar-refractivity contribution is -0.136. The van der Waals surface area contributed by atoms with Gasteiger partial charge in [-0.3, -0.25) is 19.7 Å². The molecule has 3 amide bonds. The number of hydrogen-bond acceptors (Lipinski definition) is 6. The second-order valence-corrected chi connectivity index (χ2v) is 10.8. The van der Waals surface area contributed by atoms with Gasteiger partial charge in [-0.15, -0.1) is 0 Å². The largest absolute Gasteiger partial charge is 0.494 e. The number of amides is 3. The molecule has 0 radical (unpaired) electrons. The number of imide groups is 1. The number of rotatable bonds is 12. The third-order valence-electron chi connectivity index (χ3n) is 7.82. The number of fused-ring (bicyclic) bond motifs is 1. The van der Waals surface area contributed by atoms with Gasteiger partial charge >= 0.3 is 0 Å². The van der Waals surface area contributed by atoms with Crippen LogP contribution < -0.4 is 15.4 Å². The maximum atomic E-state index is 12.8. The Morgan fingerprint density at radius 2 is 1.83 bits per heavy atom. The van der Waals surface area contributed by atoms with E-state index in [1.54, 1.807) is 11.0 Å². The lowest BCUT2D eigenvalue weighted by atomic mass is 9.96. The maximum Gasteiger partial charge on any atom is 0.255 e. The van der Waals surface area contributed by atoms with Gasteiger partial charge in [-0.1, -0.05) is 12.8 Å². The fourth-order valence-corrected chi connectivity index (χ4v) is 5.52. The van der Waals surface area contributed by atoms with E-state index in [1.807, 2.05) is 12.1 Å². The summed E-state index contributed by atoms with van der Waals surface area (Å²) in [6, 6.07) is 5.62. The Balaban J connectivity index is 1.08. The van der Waals surface area contributed by atoms with Crippen molar-refractivity contribution in [2.45, 2.75) is 83.8 Å². The molecule has 0 spiro atoms. The van der Waals surface area contributed by atoms with E-state index in [0.29, 0.717) is 31.2 Å². The van der Waals surface area contributed by atoms with E-state index in [9.17, 15) is 14.4 Å². The Bertz CT molecular complexity index is 926. The molecule has 3 aliphatic rings. The molecule has 8 heteroatoms. The number of carbonyl (C=O) groups is 3. The summed E-state index contributed by atoms with van der Waals surface area (Å²) in [5.41, 5.74) is 1.49. The van der Waals surface area contributed by atoms with Crippen molar-refractivity contribution >= 4 is 17.7 Å². The molecule has 1 atom stereocenters. The Morgan fingerprint density at radius 3 is 2.58 bits per heavy atom. The van der Waals surface area contributed by atoms with Crippen LogP contribution in [-0.4, -0.2) is 72.4 Å². The van der Waals surface area contributed by atoms with Gasteiger partial charge in [-0.05, 0) is 102 Å². The maximum absolute atomic E-state index is 12.8. The van der Waals surface area contributed by atoms with Crippen molar-refractivity contribution in [1.29, 1.82) is 0 Å². The first kappa shape index (κ1) is 26.6. The van der Waals surface area contributed by atoms with Gasteiger partial charge in [-0.2, -0.15) is 0 Å². The first-order valence-electron chi connectivity index (χ1n) is 13.8. The molecule has 3 heterocycles. The molecule has 0 saturated carbocycles. The van der Waals surface area contributed by atoms with Crippen molar-refractivity contribution in [3.05, 3.63) is 29.3 Å². The number of benzene rings is 1. The molecule has 1 aromatic carbocycles. The van der Waals surface area contributed by atoms with Gasteiger partial charge < -0.3 is 19.9 Å². The van der Waals surface area contributed by atoms with Gasteiger partial charge in [0.1, 0.15) is 11.8 Å². The molecule has 4 rings (SSSR count). The van der Waals surface area contributed by atoms with Gasteiger partial charge in [-0.25, -0.2) is 0 Å². The molecule has 1 aromatic rings. The van der Waals surface area contributed by atoms with Gasteiger partial charge in [0.25, 0.3) is 5.91 Å². The van der Waals surface area contributed by atoms with E-state index in [1.165, 1.54) is 38.8 Å². The first-order valence-corrected chi connectivity index (χ1v) is 13.8. The third-order valence-corrected chi connectivity index (χ3v) is 7.82. The van der Waals surface area contributed by atoms with Crippen LogP contribution in [0.3, 0.4) is 0 Å². The van der Waals surface area contributed by atoms with Crippen molar-refractivity contribution in [1.82, 2.24) is 20.4 Å². The van der Waals surface area contributed by atoms with Gasteiger partial charge in [0.05, 0.1) is 6.61 Å². The smallest absolute Gasteiger partial charge is 0.255 e. The average molecular weight is 499 g/mol. The van der Waals surface area contributed by atoms with E-state index in [0.717, 1.165) is 43.2 Å². The summed E-state index contributed by atoms with van der Waals surface area (Å²) in [6.45, 7) is 10.3. The Hall–Kier alpha value is -2.45. The minimum absolute atomic E-state index is 0.152. The van der Waals surface area contributed by atoms with Crippen LogP contribution in [0.4, 0.5) is 0 Å². The van der Waals surface area contributed by atoms with Crippen LogP contribution in [0.1, 0.15) is 81.1 Å². The number of carbonyl (C=O) groups excluding carboxylic acids is 3. The number of nitrogens with one attached hydrogen (secondary N) is 2. The van der Waals surface area contributed by atoms with Gasteiger partial charge in [0, 0.05) is 24.6 Å². The second-order valence-electron chi connectivity index (χ2n) is 10.8. The molecule has 2 N–H and O–H groups in total. The zero-order valence-corrected chi connectivity index (χ0v) is 21.9. The number of nitrogens with zero attached hydrogens (tertiary/aromatic N) is 2. The molecule has 0 bridgehead atoms. The van der Waals surface area contributed by atoms with Crippen LogP contribution in [0.2, 0.25) is 0 Å². The molecular weight excluding hydrogens is 456 g/mol. The Kier molecular flexibility index (Phi) is 9.37. The van der Waals surface area contributed by atoms with E-state index in [4.69, 9.17) is 4.74 Å². The SMILES string of the molecule is CC(C)N1CCC(CNCCCCCCOc2ccc3c(c2)CN(C2CCC(=O)NC2=O)C3=O)CC1. The molecule has 36 heavy (non-hydrogen) atoms. The topological polar surface area (TPSA) is 91.0 Å². The summed E-state index contributed by atoms with van der Waals surface area (Å²) >= 11 is 0. The number of hydrogen-bond donors (Lipinski definition) is 2. The minimum atomic E-state index is -0.584. The summed E-state index contributed by atoms with van der Waals surface area (Å²) in [4.78, 5) is 40.5. The summed E-state index contributed by atoms with van der Waals surface area (Å²) in [5.74, 6) is 0.779. The highest BCUT2D eigenvalue weighted by Crippen LogP contribution is 2.30.